The lowest BCUT2D eigenvalue weighted by Crippen LogP contribution is -2.24. The Labute approximate surface area is 105 Å². The highest BCUT2D eigenvalue weighted by Crippen LogP contribution is 2.37. The SMILES string of the molecule is CC(C)(C)c1ccccc1C(N)C1CCCC1. The Bertz CT molecular complexity index is 369. The predicted molar refractivity (Wildman–Crippen MR) is 74.0 cm³/mol. The molecule has 0 heterocycles. The van der Waals surface area contributed by atoms with E-state index in [1.54, 1.807) is 0 Å². The summed E-state index contributed by atoms with van der Waals surface area (Å²) in [6.07, 6.45) is 5.32. The van der Waals surface area contributed by atoms with E-state index in [0.717, 1.165) is 0 Å². The summed E-state index contributed by atoms with van der Waals surface area (Å²) >= 11 is 0. The van der Waals surface area contributed by atoms with Crippen LogP contribution < -0.4 is 5.73 Å². The number of hydrogen-bond donors (Lipinski definition) is 1. The number of benzene rings is 1. The Morgan fingerprint density at radius 3 is 2.29 bits per heavy atom. The van der Waals surface area contributed by atoms with Gasteiger partial charge in [-0.2, -0.15) is 0 Å². The number of nitrogens with two attached hydrogens (primary N) is 1. The van der Waals surface area contributed by atoms with Crippen LogP contribution in [0.1, 0.15) is 63.6 Å². The van der Waals surface area contributed by atoms with Gasteiger partial charge >= 0.3 is 0 Å². The van der Waals surface area contributed by atoms with E-state index in [9.17, 15) is 0 Å². The van der Waals surface area contributed by atoms with Crippen LogP contribution in [0, 0.1) is 5.92 Å². The van der Waals surface area contributed by atoms with Crippen LogP contribution in [-0.4, -0.2) is 0 Å². The Balaban J connectivity index is 2.31. The van der Waals surface area contributed by atoms with Gasteiger partial charge in [-0.1, -0.05) is 57.9 Å². The van der Waals surface area contributed by atoms with Gasteiger partial charge < -0.3 is 5.73 Å². The molecule has 1 atom stereocenters. The van der Waals surface area contributed by atoms with E-state index >= 15 is 0 Å². The zero-order valence-corrected chi connectivity index (χ0v) is 11.4. The van der Waals surface area contributed by atoms with Gasteiger partial charge in [0.2, 0.25) is 0 Å². The molecule has 1 heteroatoms. The molecule has 2 N–H and O–H groups in total. The van der Waals surface area contributed by atoms with Crippen molar-refractivity contribution in [1.29, 1.82) is 0 Å². The van der Waals surface area contributed by atoms with Gasteiger partial charge in [-0.25, -0.2) is 0 Å². The molecule has 0 spiro atoms. The molecule has 1 fully saturated rings. The van der Waals surface area contributed by atoms with Gasteiger partial charge in [0.15, 0.2) is 0 Å². The molecule has 17 heavy (non-hydrogen) atoms. The Morgan fingerprint density at radius 1 is 1.12 bits per heavy atom. The molecule has 1 aromatic carbocycles. The van der Waals surface area contributed by atoms with Crippen LogP contribution >= 0.6 is 0 Å². The van der Waals surface area contributed by atoms with Crippen molar-refractivity contribution in [3.63, 3.8) is 0 Å². The third-order valence-corrected chi connectivity index (χ3v) is 4.04. The molecule has 2 rings (SSSR count). The van der Waals surface area contributed by atoms with Gasteiger partial charge in [0.25, 0.3) is 0 Å². The van der Waals surface area contributed by atoms with Gasteiger partial charge in [-0.15, -0.1) is 0 Å². The summed E-state index contributed by atoms with van der Waals surface area (Å²) in [6.45, 7) is 6.81. The van der Waals surface area contributed by atoms with E-state index in [0.29, 0.717) is 5.92 Å². The molecule has 0 bridgehead atoms. The maximum absolute atomic E-state index is 6.50. The first kappa shape index (κ1) is 12.6. The number of rotatable bonds is 2. The fourth-order valence-corrected chi connectivity index (χ4v) is 3.04. The van der Waals surface area contributed by atoms with Crippen LogP contribution in [0.3, 0.4) is 0 Å². The summed E-state index contributed by atoms with van der Waals surface area (Å²) < 4.78 is 0. The minimum atomic E-state index is 0.187. The Hall–Kier alpha value is -0.820. The molecule has 0 aromatic heterocycles. The van der Waals surface area contributed by atoms with Gasteiger partial charge in [-0.3, -0.25) is 0 Å². The Morgan fingerprint density at radius 2 is 1.71 bits per heavy atom. The fraction of sp³-hybridized carbons (Fsp3) is 0.625. The van der Waals surface area contributed by atoms with E-state index in [1.165, 1.54) is 36.8 Å². The molecule has 94 valence electrons. The zero-order valence-electron chi connectivity index (χ0n) is 11.4. The third kappa shape index (κ3) is 2.71. The summed E-state index contributed by atoms with van der Waals surface area (Å²) in [5.41, 5.74) is 9.47. The monoisotopic (exact) mass is 231 g/mol. The van der Waals surface area contributed by atoms with Crippen molar-refractivity contribution in [3.8, 4) is 0 Å². The topological polar surface area (TPSA) is 26.0 Å². The summed E-state index contributed by atoms with van der Waals surface area (Å²) in [5.74, 6) is 0.693. The van der Waals surface area contributed by atoms with E-state index < -0.39 is 0 Å². The van der Waals surface area contributed by atoms with Crippen LogP contribution in [0.4, 0.5) is 0 Å². The fourth-order valence-electron chi connectivity index (χ4n) is 3.04. The first-order valence-electron chi connectivity index (χ1n) is 6.85. The summed E-state index contributed by atoms with van der Waals surface area (Å²) in [7, 11) is 0. The lowest BCUT2D eigenvalue weighted by molar-refractivity contribution is 0.435. The van der Waals surface area contributed by atoms with Crippen molar-refractivity contribution in [2.24, 2.45) is 11.7 Å². The quantitative estimate of drug-likeness (QED) is 0.812. The molecule has 1 aromatic rings. The number of hydrogen-bond acceptors (Lipinski definition) is 1. The minimum Gasteiger partial charge on any atom is -0.324 e. The minimum absolute atomic E-state index is 0.187. The average Bonchev–Trinajstić information content (AvgIpc) is 2.80. The standard InChI is InChI=1S/C16H25N/c1-16(2,3)14-11-7-6-10-13(14)15(17)12-8-4-5-9-12/h6-7,10-12,15H,4-5,8-9,17H2,1-3H3. The largest absolute Gasteiger partial charge is 0.324 e. The van der Waals surface area contributed by atoms with Crippen molar-refractivity contribution >= 4 is 0 Å². The molecule has 0 aliphatic heterocycles. The highest BCUT2D eigenvalue weighted by Gasteiger charge is 2.27. The summed E-state index contributed by atoms with van der Waals surface area (Å²) in [4.78, 5) is 0. The molecule has 0 amide bonds. The molecule has 1 unspecified atom stereocenters. The van der Waals surface area contributed by atoms with Crippen LogP contribution in [0.15, 0.2) is 24.3 Å². The molecule has 1 saturated carbocycles. The average molecular weight is 231 g/mol. The highest BCUT2D eigenvalue weighted by atomic mass is 14.7. The highest BCUT2D eigenvalue weighted by molar-refractivity contribution is 5.35. The molecule has 0 radical (unpaired) electrons. The van der Waals surface area contributed by atoms with Crippen molar-refractivity contribution in [3.05, 3.63) is 35.4 Å². The second-order valence-electron chi connectivity index (χ2n) is 6.41. The Kier molecular flexibility index (Phi) is 3.58. The van der Waals surface area contributed by atoms with Crippen LogP contribution in [0.5, 0.6) is 0 Å². The van der Waals surface area contributed by atoms with E-state index in [1.807, 2.05) is 0 Å². The van der Waals surface area contributed by atoms with E-state index in [4.69, 9.17) is 5.73 Å². The van der Waals surface area contributed by atoms with Crippen LogP contribution in [0.25, 0.3) is 0 Å². The molecular formula is C16H25N. The third-order valence-electron chi connectivity index (χ3n) is 4.04. The first-order chi connectivity index (χ1) is 8.00. The zero-order chi connectivity index (χ0) is 12.5. The molecule has 1 nitrogen and oxygen atoms in total. The van der Waals surface area contributed by atoms with Crippen molar-refractivity contribution < 1.29 is 0 Å². The van der Waals surface area contributed by atoms with E-state index in [-0.39, 0.29) is 11.5 Å². The predicted octanol–water partition coefficient (Wildman–Crippen LogP) is 4.17. The lowest BCUT2D eigenvalue weighted by Gasteiger charge is -2.28. The second kappa shape index (κ2) is 4.81. The molecule has 1 aliphatic rings. The second-order valence-corrected chi connectivity index (χ2v) is 6.41. The summed E-state index contributed by atoms with van der Waals surface area (Å²) in [6, 6.07) is 8.95. The smallest absolute Gasteiger partial charge is 0.0326 e. The lowest BCUT2D eigenvalue weighted by atomic mass is 9.79. The van der Waals surface area contributed by atoms with Gasteiger partial charge in [0.05, 0.1) is 0 Å². The van der Waals surface area contributed by atoms with Crippen LogP contribution in [0.2, 0.25) is 0 Å². The first-order valence-corrected chi connectivity index (χ1v) is 6.85. The molecule has 1 aliphatic carbocycles. The molecule has 0 saturated heterocycles. The van der Waals surface area contributed by atoms with Crippen molar-refractivity contribution in [2.75, 3.05) is 0 Å². The van der Waals surface area contributed by atoms with Gasteiger partial charge in [-0.05, 0) is 35.3 Å². The molecular weight excluding hydrogens is 206 g/mol. The van der Waals surface area contributed by atoms with Crippen LogP contribution in [-0.2, 0) is 5.41 Å². The van der Waals surface area contributed by atoms with Gasteiger partial charge in [0, 0.05) is 6.04 Å². The van der Waals surface area contributed by atoms with Gasteiger partial charge in [0.1, 0.15) is 0 Å². The van der Waals surface area contributed by atoms with Crippen molar-refractivity contribution in [1.82, 2.24) is 0 Å². The van der Waals surface area contributed by atoms with E-state index in [2.05, 4.69) is 45.0 Å². The normalized spacial score (nSPS) is 19.5. The maximum Gasteiger partial charge on any atom is 0.0326 e. The maximum atomic E-state index is 6.50. The summed E-state index contributed by atoms with van der Waals surface area (Å²) in [5, 5.41) is 0. The van der Waals surface area contributed by atoms with Crippen molar-refractivity contribution in [2.45, 2.75) is 57.9 Å².